The predicted molar refractivity (Wildman–Crippen MR) is 70.4 cm³/mol. The summed E-state index contributed by atoms with van der Waals surface area (Å²) in [5.41, 5.74) is 0.214. The third kappa shape index (κ3) is 5.95. The molecule has 0 bridgehead atoms. The molecule has 0 heterocycles. The number of benzene rings is 1. The number of alkyl halides is 3. The highest BCUT2D eigenvalue weighted by atomic mass is 19.4. The summed E-state index contributed by atoms with van der Waals surface area (Å²) in [6.45, 7) is 3.54. The van der Waals surface area contributed by atoms with Crippen molar-refractivity contribution in [3.8, 4) is 0 Å². The number of hydrogen-bond acceptors (Lipinski definition) is 3. The number of halogens is 3. The standard InChI is InChI=1S/C14H18F3NO2/c1-3-13(2,18-11-7-5-4-6-8-11)10-20-12(19)9-14(15,16)17/h4-8,18H,3,9-10H2,1-2H3. The first kappa shape index (κ1) is 16.3. The number of ether oxygens (including phenoxy) is 1. The Morgan fingerprint density at radius 2 is 1.85 bits per heavy atom. The third-order valence-corrected chi connectivity index (χ3v) is 2.90. The smallest absolute Gasteiger partial charge is 0.399 e. The van der Waals surface area contributed by atoms with Crippen LogP contribution in [0.2, 0.25) is 0 Å². The van der Waals surface area contributed by atoms with Gasteiger partial charge in [0.1, 0.15) is 13.0 Å². The van der Waals surface area contributed by atoms with Gasteiger partial charge in [0.2, 0.25) is 0 Å². The fraction of sp³-hybridized carbons (Fsp3) is 0.500. The molecular formula is C14H18F3NO2. The maximum Gasteiger partial charge on any atom is 0.399 e. The van der Waals surface area contributed by atoms with E-state index in [-0.39, 0.29) is 6.61 Å². The summed E-state index contributed by atoms with van der Waals surface area (Å²) in [6.07, 6.45) is -5.49. The second kappa shape index (κ2) is 6.63. The molecule has 6 heteroatoms. The van der Waals surface area contributed by atoms with Crippen LogP contribution in [0, 0.1) is 0 Å². The number of anilines is 1. The highest BCUT2D eigenvalue weighted by Gasteiger charge is 2.33. The van der Waals surface area contributed by atoms with Crippen LogP contribution in [0.5, 0.6) is 0 Å². The van der Waals surface area contributed by atoms with E-state index in [9.17, 15) is 18.0 Å². The van der Waals surface area contributed by atoms with Crippen LogP contribution in [0.15, 0.2) is 30.3 Å². The van der Waals surface area contributed by atoms with Crippen LogP contribution in [-0.2, 0) is 9.53 Å². The first-order valence-corrected chi connectivity index (χ1v) is 6.30. The van der Waals surface area contributed by atoms with Crippen LogP contribution in [0.3, 0.4) is 0 Å². The Morgan fingerprint density at radius 3 is 2.35 bits per heavy atom. The first-order valence-electron chi connectivity index (χ1n) is 6.30. The van der Waals surface area contributed by atoms with Gasteiger partial charge in [-0.25, -0.2) is 0 Å². The zero-order chi connectivity index (χ0) is 15.2. The molecular weight excluding hydrogens is 271 g/mol. The van der Waals surface area contributed by atoms with Crippen LogP contribution in [0.1, 0.15) is 26.7 Å². The number of hydrogen-bond donors (Lipinski definition) is 1. The molecule has 0 saturated heterocycles. The maximum atomic E-state index is 12.0. The van der Waals surface area contributed by atoms with E-state index >= 15 is 0 Å². The third-order valence-electron chi connectivity index (χ3n) is 2.90. The number of para-hydroxylation sites is 1. The van der Waals surface area contributed by atoms with Gasteiger partial charge in [0.15, 0.2) is 0 Å². The lowest BCUT2D eigenvalue weighted by atomic mass is 9.99. The molecule has 0 aliphatic rings. The SMILES string of the molecule is CCC(C)(COC(=O)CC(F)(F)F)Nc1ccccc1. The van der Waals surface area contributed by atoms with Crippen molar-refractivity contribution in [1.29, 1.82) is 0 Å². The summed E-state index contributed by atoms with van der Waals surface area (Å²) in [5.74, 6) is -1.26. The Balaban J connectivity index is 2.55. The minimum Gasteiger partial charge on any atom is -0.463 e. The molecule has 112 valence electrons. The van der Waals surface area contributed by atoms with Crippen molar-refractivity contribution in [3.63, 3.8) is 0 Å². The van der Waals surface area contributed by atoms with Crippen molar-refractivity contribution in [2.45, 2.75) is 38.4 Å². The molecule has 0 aliphatic heterocycles. The van der Waals surface area contributed by atoms with E-state index in [1.54, 1.807) is 6.92 Å². The Kier molecular flexibility index (Phi) is 5.42. The molecule has 0 aromatic heterocycles. The van der Waals surface area contributed by atoms with E-state index in [1.165, 1.54) is 0 Å². The largest absolute Gasteiger partial charge is 0.463 e. The molecule has 1 aromatic carbocycles. The maximum absolute atomic E-state index is 12.0. The molecule has 0 spiro atoms. The summed E-state index contributed by atoms with van der Waals surface area (Å²) in [6, 6.07) is 9.22. The zero-order valence-corrected chi connectivity index (χ0v) is 11.5. The number of rotatable bonds is 6. The van der Waals surface area contributed by atoms with Crippen molar-refractivity contribution >= 4 is 11.7 Å². The van der Waals surface area contributed by atoms with Gasteiger partial charge in [-0.2, -0.15) is 13.2 Å². The van der Waals surface area contributed by atoms with Gasteiger partial charge in [0.05, 0.1) is 5.54 Å². The highest BCUT2D eigenvalue weighted by Crippen LogP contribution is 2.22. The zero-order valence-electron chi connectivity index (χ0n) is 11.5. The molecule has 0 fully saturated rings. The molecule has 0 amide bonds. The van der Waals surface area contributed by atoms with Gasteiger partial charge in [-0.05, 0) is 25.5 Å². The summed E-state index contributed by atoms with van der Waals surface area (Å²) < 4.78 is 40.8. The lowest BCUT2D eigenvalue weighted by Crippen LogP contribution is -2.40. The fourth-order valence-electron chi connectivity index (χ4n) is 1.55. The van der Waals surface area contributed by atoms with E-state index in [0.717, 1.165) is 5.69 Å². The van der Waals surface area contributed by atoms with Crippen molar-refractivity contribution < 1.29 is 22.7 Å². The van der Waals surface area contributed by atoms with Crippen molar-refractivity contribution in [2.75, 3.05) is 11.9 Å². The lowest BCUT2D eigenvalue weighted by Gasteiger charge is -2.30. The topological polar surface area (TPSA) is 38.3 Å². The van der Waals surface area contributed by atoms with Crippen molar-refractivity contribution in [1.82, 2.24) is 0 Å². The normalized spacial score (nSPS) is 14.4. The van der Waals surface area contributed by atoms with Crippen LogP contribution in [0.25, 0.3) is 0 Å². The monoisotopic (exact) mass is 289 g/mol. The lowest BCUT2D eigenvalue weighted by molar-refractivity contribution is -0.172. The van der Waals surface area contributed by atoms with Crippen LogP contribution in [0.4, 0.5) is 18.9 Å². The van der Waals surface area contributed by atoms with Crippen LogP contribution >= 0.6 is 0 Å². The Hall–Kier alpha value is -1.72. The highest BCUT2D eigenvalue weighted by molar-refractivity contribution is 5.70. The quantitative estimate of drug-likeness (QED) is 0.810. The molecule has 0 radical (unpaired) electrons. The average molecular weight is 289 g/mol. The molecule has 1 aromatic rings. The van der Waals surface area contributed by atoms with Gasteiger partial charge in [-0.1, -0.05) is 25.1 Å². The van der Waals surface area contributed by atoms with Gasteiger partial charge in [0, 0.05) is 5.69 Å². The van der Waals surface area contributed by atoms with Crippen LogP contribution in [-0.4, -0.2) is 24.3 Å². The molecule has 20 heavy (non-hydrogen) atoms. The number of carbonyl (C=O) groups is 1. The summed E-state index contributed by atoms with van der Waals surface area (Å²) in [7, 11) is 0. The Labute approximate surface area is 116 Å². The molecule has 1 rings (SSSR count). The van der Waals surface area contributed by atoms with Gasteiger partial charge >= 0.3 is 12.1 Å². The molecule has 1 N–H and O–H groups in total. The Morgan fingerprint density at radius 1 is 1.25 bits per heavy atom. The molecule has 3 nitrogen and oxygen atoms in total. The second-order valence-electron chi connectivity index (χ2n) is 4.86. The van der Waals surface area contributed by atoms with E-state index in [4.69, 9.17) is 4.74 Å². The number of carbonyl (C=O) groups excluding carboxylic acids is 1. The van der Waals surface area contributed by atoms with Crippen LogP contribution < -0.4 is 5.32 Å². The number of esters is 1. The van der Waals surface area contributed by atoms with E-state index in [0.29, 0.717) is 6.42 Å². The minimum absolute atomic E-state index is 0.118. The molecule has 1 unspecified atom stereocenters. The van der Waals surface area contributed by atoms with Crippen molar-refractivity contribution in [2.24, 2.45) is 0 Å². The summed E-state index contributed by atoms with van der Waals surface area (Å²) in [4.78, 5) is 11.1. The van der Waals surface area contributed by atoms with Gasteiger partial charge in [0.25, 0.3) is 0 Å². The molecule has 1 atom stereocenters. The minimum atomic E-state index is -4.54. The number of nitrogens with one attached hydrogen (secondary N) is 1. The first-order chi connectivity index (χ1) is 9.24. The van der Waals surface area contributed by atoms with Gasteiger partial charge in [-0.15, -0.1) is 0 Å². The molecule has 0 saturated carbocycles. The molecule has 0 aliphatic carbocycles. The average Bonchev–Trinajstić information content (AvgIpc) is 2.36. The van der Waals surface area contributed by atoms with E-state index in [2.05, 4.69) is 5.32 Å². The van der Waals surface area contributed by atoms with Gasteiger partial charge in [-0.3, -0.25) is 4.79 Å². The fourth-order valence-corrected chi connectivity index (χ4v) is 1.55. The van der Waals surface area contributed by atoms with Gasteiger partial charge < -0.3 is 10.1 Å². The summed E-state index contributed by atoms with van der Waals surface area (Å²) in [5, 5.41) is 3.16. The predicted octanol–water partition coefficient (Wildman–Crippen LogP) is 3.76. The van der Waals surface area contributed by atoms with E-state index < -0.39 is 24.1 Å². The summed E-state index contributed by atoms with van der Waals surface area (Å²) >= 11 is 0. The second-order valence-corrected chi connectivity index (χ2v) is 4.86. The Bertz CT molecular complexity index is 434. The van der Waals surface area contributed by atoms with Crippen molar-refractivity contribution in [3.05, 3.63) is 30.3 Å². The van der Waals surface area contributed by atoms with E-state index in [1.807, 2.05) is 37.3 Å².